The van der Waals surface area contributed by atoms with Crippen LogP contribution in [0.25, 0.3) is 5.69 Å². The molecule has 3 rings (SSSR count). The first-order valence-electron chi connectivity index (χ1n) is 8.39. The molecule has 5 nitrogen and oxygen atoms in total. The lowest BCUT2D eigenvalue weighted by atomic mass is 10.1. The predicted molar refractivity (Wildman–Crippen MR) is 99.5 cm³/mol. The topological polar surface area (TPSA) is 59.0 Å². The molecular formula is C20H21FN4O. The van der Waals surface area contributed by atoms with Gasteiger partial charge in [0.15, 0.2) is 0 Å². The van der Waals surface area contributed by atoms with Crippen LogP contribution < -0.4 is 10.6 Å². The van der Waals surface area contributed by atoms with Crippen LogP contribution in [0.5, 0.6) is 0 Å². The van der Waals surface area contributed by atoms with E-state index in [0.717, 1.165) is 22.6 Å². The van der Waals surface area contributed by atoms with E-state index in [9.17, 15) is 9.18 Å². The zero-order valence-electron chi connectivity index (χ0n) is 14.8. The van der Waals surface area contributed by atoms with Gasteiger partial charge in [0.2, 0.25) is 5.91 Å². The van der Waals surface area contributed by atoms with Crippen molar-refractivity contribution in [2.24, 2.45) is 0 Å². The number of imidazole rings is 1. The number of anilines is 1. The van der Waals surface area contributed by atoms with Gasteiger partial charge in [-0.3, -0.25) is 4.79 Å². The van der Waals surface area contributed by atoms with Crippen LogP contribution in [0.15, 0.2) is 54.9 Å². The number of hydrogen-bond acceptors (Lipinski definition) is 3. The summed E-state index contributed by atoms with van der Waals surface area (Å²) in [7, 11) is 0. The van der Waals surface area contributed by atoms with Gasteiger partial charge in [0.25, 0.3) is 0 Å². The van der Waals surface area contributed by atoms with E-state index in [1.807, 2.05) is 37.3 Å². The number of aromatic nitrogens is 2. The first-order valence-corrected chi connectivity index (χ1v) is 8.39. The summed E-state index contributed by atoms with van der Waals surface area (Å²) >= 11 is 0. The standard InChI is InChI=1S/C20H21FN4O/c1-14-23-9-10-25(14)20-8-5-17(11-19(20)21)13-22-12-16-3-6-18(7-4-16)24-15(2)26/h3-11,22H,12-13H2,1-2H3,(H,24,26). The highest BCUT2D eigenvalue weighted by Crippen LogP contribution is 2.17. The van der Waals surface area contributed by atoms with Gasteiger partial charge in [-0.05, 0) is 42.3 Å². The van der Waals surface area contributed by atoms with Crippen LogP contribution in [0.3, 0.4) is 0 Å². The second-order valence-corrected chi connectivity index (χ2v) is 6.11. The van der Waals surface area contributed by atoms with Crippen molar-refractivity contribution < 1.29 is 9.18 Å². The van der Waals surface area contributed by atoms with Crippen molar-refractivity contribution in [3.63, 3.8) is 0 Å². The average Bonchev–Trinajstić information content (AvgIpc) is 3.02. The largest absolute Gasteiger partial charge is 0.326 e. The normalized spacial score (nSPS) is 10.7. The Kier molecular flexibility index (Phi) is 5.43. The molecule has 0 saturated heterocycles. The molecule has 134 valence electrons. The third-order valence-corrected chi connectivity index (χ3v) is 4.03. The Bertz CT molecular complexity index is 902. The van der Waals surface area contributed by atoms with E-state index < -0.39 is 0 Å². The SMILES string of the molecule is CC(=O)Nc1ccc(CNCc2ccc(-n3ccnc3C)c(F)c2)cc1. The van der Waals surface area contributed by atoms with Crippen LogP contribution in [0.1, 0.15) is 23.9 Å². The molecule has 0 atom stereocenters. The average molecular weight is 352 g/mol. The Morgan fingerprint density at radius 3 is 2.42 bits per heavy atom. The molecule has 0 aliphatic rings. The number of halogens is 1. The third kappa shape index (κ3) is 4.34. The highest BCUT2D eigenvalue weighted by molar-refractivity contribution is 5.88. The minimum Gasteiger partial charge on any atom is -0.326 e. The van der Waals surface area contributed by atoms with E-state index in [2.05, 4.69) is 15.6 Å². The summed E-state index contributed by atoms with van der Waals surface area (Å²) in [6.07, 6.45) is 3.40. The number of hydrogen-bond donors (Lipinski definition) is 2. The summed E-state index contributed by atoms with van der Waals surface area (Å²) in [6.45, 7) is 4.54. The number of carbonyl (C=O) groups excluding carboxylic acids is 1. The fourth-order valence-corrected chi connectivity index (χ4v) is 2.75. The molecule has 0 aliphatic carbocycles. The van der Waals surface area contributed by atoms with Crippen LogP contribution in [0, 0.1) is 12.7 Å². The maximum atomic E-state index is 14.4. The number of rotatable bonds is 6. The quantitative estimate of drug-likeness (QED) is 0.713. The highest BCUT2D eigenvalue weighted by atomic mass is 19.1. The van der Waals surface area contributed by atoms with Crippen molar-refractivity contribution in [1.82, 2.24) is 14.9 Å². The van der Waals surface area contributed by atoms with Crippen LogP contribution in [0.2, 0.25) is 0 Å². The van der Waals surface area contributed by atoms with Gasteiger partial charge in [-0.1, -0.05) is 18.2 Å². The third-order valence-electron chi connectivity index (χ3n) is 4.03. The fourth-order valence-electron chi connectivity index (χ4n) is 2.75. The van der Waals surface area contributed by atoms with Gasteiger partial charge in [-0.2, -0.15) is 0 Å². The van der Waals surface area contributed by atoms with Crippen LogP contribution in [-0.2, 0) is 17.9 Å². The number of carbonyl (C=O) groups is 1. The molecule has 3 aromatic rings. The van der Waals surface area contributed by atoms with Gasteiger partial charge in [0, 0.05) is 38.1 Å². The van der Waals surface area contributed by atoms with Crippen molar-refractivity contribution in [3.8, 4) is 5.69 Å². The van der Waals surface area contributed by atoms with Crippen molar-refractivity contribution in [2.45, 2.75) is 26.9 Å². The summed E-state index contributed by atoms with van der Waals surface area (Å²) in [4.78, 5) is 15.1. The predicted octanol–water partition coefficient (Wildman–Crippen LogP) is 3.57. The molecule has 0 aliphatic heterocycles. The molecule has 26 heavy (non-hydrogen) atoms. The summed E-state index contributed by atoms with van der Waals surface area (Å²) in [5, 5.41) is 6.03. The molecule has 0 spiro atoms. The van der Waals surface area contributed by atoms with Gasteiger partial charge in [0.05, 0.1) is 5.69 Å². The molecule has 0 fully saturated rings. The molecular weight excluding hydrogens is 331 g/mol. The van der Waals surface area contributed by atoms with E-state index in [1.54, 1.807) is 29.1 Å². The molecule has 1 amide bonds. The number of aryl methyl sites for hydroxylation is 1. The Morgan fingerprint density at radius 2 is 1.81 bits per heavy atom. The summed E-state index contributed by atoms with van der Waals surface area (Å²) < 4.78 is 16.1. The number of amides is 1. The molecule has 1 aromatic heterocycles. The van der Waals surface area contributed by atoms with Crippen molar-refractivity contribution >= 4 is 11.6 Å². The second-order valence-electron chi connectivity index (χ2n) is 6.11. The lowest BCUT2D eigenvalue weighted by molar-refractivity contribution is -0.114. The van der Waals surface area contributed by atoms with E-state index in [0.29, 0.717) is 18.8 Å². The van der Waals surface area contributed by atoms with Crippen molar-refractivity contribution in [3.05, 3.63) is 77.6 Å². The van der Waals surface area contributed by atoms with E-state index >= 15 is 0 Å². The van der Waals surface area contributed by atoms with Gasteiger partial charge in [-0.25, -0.2) is 9.37 Å². The van der Waals surface area contributed by atoms with E-state index in [4.69, 9.17) is 0 Å². The second kappa shape index (κ2) is 7.93. The van der Waals surface area contributed by atoms with Gasteiger partial charge < -0.3 is 15.2 Å². The van der Waals surface area contributed by atoms with E-state index in [1.165, 1.54) is 6.92 Å². The lowest BCUT2D eigenvalue weighted by Gasteiger charge is -2.10. The lowest BCUT2D eigenvalue weighted by Crippen LogP contribution is -2.13. The van der Waals surface area contributed by atoms with Crippen LogP contribution in [-0.4, -0.2) is 15.5 Å². The summed E-state index contributed by atoms with van der Waals surface area (Å²) in [5.41, 5.74) is 3.23. The first kappa shape index (κ1) is 17.8. The fraction of sp³-hybridized carbons (Fsp3) is 0.200. The Balaban J connectivity index is 1.57. The molecule has 2 aromatic carbocycles. The molecule has 0 unspecified atom stereocenters. The van der Waals surface area contributed by atoms with Gasteiger partial charge in [-0.15, -0.1) is 0 Å². The Labute approximate surface area is 151 Å². The molecule has 0 bridgehead atoms. The monoisotopic (exact) mass is 352 g/mol. The number of benzene rings is 2. The first-order chi connectivity index (χ1) is 12.5. The van der Waals surface area contributed by atoms with Crippen LogP contribution >= 0.6 is 0 Å². The molecule has 1 heterocycles. The number of nitrogens with one attached hydrogen (secondary N) is 2. The molecule has 2 N–H and O–H groups in total. The van der Waals surface area contributed by atoms with Gasteiger partial charge >= 0.3 is 0 Å². The number of nitrogens with zero attached hydrogens (tertiary/aromatic N) is 2. The Morgan fingerprint density at radius 1 is 1.12 bits per heavy atom. The van der Waals surface area contributed by atoms with Crippen molar-refractivity contribution in [2.75, 3.05) is 5.32 Å². The molecule has 6 heteroatoms. The zero-order chi connectivity index (χ0) is 18.5. The smallest absolute Gasteiger partial charge is 0.221 e. The molecule has 0 radical (unpaired) electrons. The maximum absolute atomic E-state index is 14.4. The minimum atomic E-state index is -0.273. The maximum Gasteiger partial charge on any atom is 0.221 e. The van der Waals surface area contributed by atoms with E-state index in [-0.39, 0.29) is 11.7 Å². The minimum absolute atomic E-state index is 0.0905. The van der Waals surface area contributed by atoms with Crippen molar-refractivity contribution in [1.29, 1.82) is 0 Å². The zero-order valence-corrected chi connectivity index (χ0v) is 14.8. The summed E-state index contributed by atoms with van der Waals surface area (Å²) in [5.74, 6) is 0.384. The summed E-state index contributed by atoms with van der Waals surface area (Å²) in [6, 6.07) is 12.8. The Hall–Kier alpha value is -2.99. The van der Waals surface area contributed by atoms with Crippen LogP contribution in [0.4, 0.5) is 10.1 Å². The highest BCUT2D eigenvalue weighted by Gasteiger charge is 2.08. The molecule has 0 saturated carbocycles. The van der Waals surface area contributed by atoms with Gasteiger partial charge in [0.1, 0.15) is 11.6 Å².